The van der Waals surface area contributed by atoms with Gasteiger partial charge in [0.2, 0.25) is 0 Å². The zero-order valence-electron chi connectivity index (χ0n) is 11.4. The first-order valence-corrected chi connectivity index (χ1v) is 8.68. The van der Waals surface area contributed by atoms with Gasteiger partial charge in [-0.1, -0.05) is 56.1 Å². The Balaban J connectivity index is 0.000000110. The Hall–Kier alpha value is -0.900. The average Bonchev–Trinajstić information content (AvgIpc) is 2.94. The summed E-state index contributed by atoms with van der Waals surface area (Å²) in [5.41, 5.74) is 5.65. The van der Waals surface area contributed by atoms with E-state index in [1.165, 1.54) is 31.2 Å². The standard InChI is InChI=1S/C9H7BrO.C9H7Br/c10-6-1-2-7-5(3-6)4-8-9(7)11-8;10-9-5-4-7-2-1-3-8(7)6-9/h1-3,8-9H,4H2;1-2,4-6H,3H2/t8-,9+;/m0./s1. The molecule has 3 heteroatoms. The van der Waals surface area contributed by atoms with E-state index in [1.807, 2.05) is 0 Å². The van der Waals surface area contributed by atoms with Crippen LogP contribution in [0.25, 0.3) is 6.08 Å². The van der Waals surface area contributed by atoms with E-state index in [1.54, 1.807) is 0 Å². The van der Waals surface area contributed by atoms with Gasteiger partial charge in [0, 0.05) is 15.4 Å². The highest BCUT2D eigenvalue weighted by Crippen LogP contribution is 2.48. The summed E-state index contributed by atoms with van der Waals surface area (Å²) in [6, 6.07) is 12.8. The molecule has 5 rings (SSSR count). The Labute approximate surface area is 141 Å². The molecule has 0 aromatic heterocycles. The number of rotatable bonds is 0. The van der Waals surface area contributed by atoms with Crippen molar-refractivity contribution in [3.8, 4) is 0 Å². The van der Waals surface area contributed by atoms with Crippen LogP contribution in [0.5, 0.6) is 0 Å². The predicted molar refractivity (Wildman–Crippen MR) is 92.3 cm³/mol. The highest BCUT2D eigenvalue weighted by Gasteiger charge is 2.46. The third kappa shape index (κ3) is 2.75. The second kappa shape index (κ2) is 5.38. The molecule has 0 unspecified atom stereocenters. The summed E-state index contributed by atoms with van der Waals surface area (Å²) in [4.78, 5) is 0. The topological polar surface area (TPSA) is 12.5 Å². The minimum atomic E-state index is 0.443. The van der Waals surface area contributed by atoms with Gasteiger partial charge in [0.15, 0.2) is 0 Å². The molecular weight excluding hydrogens is 392 g/mol. The molecule has 2 aromatic carbocycles. The van der Waals surface area contributed by atoms with Gasteiger partial charge in [-0.25, -0.2) is 0 Å². The number of allylic oxidation sites excluding steroid dienone is 1. The summed E-state index contributed by atoms with van der Waals surface area (Å²) < 4.78 is 7.76. The Morgan fingerprint density at radius 1 is 0.952 bits per heavy atom. The highest BCUT2D eigenvalue weighted by atomic mass is 79.9. The zero-order valence-corrected chi connectivity index (χ0v) is 14.5. The van der Waals surface area contributed by atoms with Crippen LogP contribution >= 0.6 is 31.9 Å². The third-order valence-electron chi connectivity index (χ3n) is 4.16. The van der Waals surface area contributed by atoms with Gasteiger partial charge >= 0.3 is 0 Å². The van der Waals surface area contributed by atoms with Crippen LogP contribution in [0.15, 0.2) is 51.4 Å². The lowest BCUT2D eigenvalue weighted by Crippen LogP contribution is -1.87. The van der Waals surface area contributed by atoms with E-state index in [2.05, 4.69) is 80.4 Å². The first-order valence-electron chi connectivity index (χ1n) is 7.09. The predicted octanol–water partition coefficient (Wildman–Crippen LogP) is 5.46. The monoisotopic (exact) mass is 404 g/mol. The molecule has 0 radical (unpaired) electrons. The van der Waals surface area contributed by atoms with Crippen molar-refractivity contribution in [3.05, 3.63) is 73.7 Å². The maximum Gasteiger partial charge on any atom is 0.110 e. The molecule has 0 bridgehead atoms. The maximum absolute atomic E-state index is 5.40. The Bertz CT molecular complexity index is 736. The number of hydrogen-bond donors (Lipinski definition) is 0. The van der Waals surface area contributed by atoms with Crippen LogP contribution < -0.4 is 0 Å². The van der Waals surface area contributed by atoms with E-state index >= 15 is 0 Å². The van der Waals surface area contributed by atoms with Crippen molar-refractivity contribution >= 4 is 37.9 Å². The fourth-order valence-electron chi connectivity index (χ4n) is 3.04. The van der Waals surface area contributed by atoms with E-state index in [9.17, 15) is 0 Å². The van der Waals surface area contributed by atoms with Crippen molar-refractivity contribution < 1.29 is 4.74 Å². The van der Waals surface area contributed by atoms with E-state index in [0.29, 0.717) is 12.2 Å². The minimum absolute atomic E-state index is 0.443. The van der Waals surface area contributed by atoms with Gasteiger partial charge in [-0.15, -0.1) is 0 Å². The van der Waals surface area contributed by atoms with Gasteiger partial charge in [0.05, 0.1) is 6.10 Å². The minimum Gasteiger partial charge on any atom is -0.364 e. The molecule has 1 nitrogen and oxygen atoms in total. The van der Waals surface area contributed by atoms with E-state index in [-0.39, 0.29) is 0 Å². The fourth-order valence-corrected chi connectivity index (χ4v) is 3.86. The van der Waals surface area contributed by atoms with Gasteiger partial charge in [-0.3, -0.25) is 0 Å². The van der Waals surface area contributed by atoms with Crippen molar-refractivity contribution in [2.45, 2.75) is 25.0 Å². The molecule has 0 spiro atoms. The molecule has 1 heterocycles. The Morgan fingerprint density at radius 2 is 1.71 bits per heavy atom. The lowest BCUT2D eigenvalue weighted by atomic mass is 10.1. The largest absolute Gasteiger partial charge is 0.364 e. The van der Waals surface area contributed by atoms with Crippen LogP contribution in [-0.2, 0) is 17.6 Å². The molecule has 106 valence electrons. The quantitative estimate of drug-likeness (QED) is 0.530. The van der Waals surface area contributed by atoms with Crippen molar-refractivity contribution in [3.63, 3.8) is 0 Å². The summed E-state index contributed by atoms with van der Waals surface area (Å²) in [6.07, 6.45) is 7.52. The summed E-state index contributed by atoms with van der Waals surface area (Å²) >= 11 is 6.90. The smallest absolute Gasteiger partial charge is 0.110 e. The number of fused-ring (bicyclic) bond motifs is 4. The molecule has 3 aliphatic rings. The zero-order chi connectivity index (χ0) is 14.4. The van der Waals surface area contributed by atoms with E-state index in [0.717, 1.165) is 12.8 Å². The molecule has 1 saturated heterocycles. The molecule has 1 fully saturated rings. The molecule has 21 heavy (non-hydrogen) atoms. The maximum atomic E-state index is 5.40. The molecule has 0 saturated carbocycles. The van der Waals surface area contributed by atoms with Gasteiger partial charge in [-0.05, 0) is 52.9 Å². The number of epoxide rings is 1. The van der Waals surface area contributed by atoms with Gasteiger partial charge in [-0.2, -0.15) is 0 Å². The normalized spacial score (nSPS) is 23.0. The number of benzene rings is 2. The summed E-state index contributed by atoms with van der Waals surface area (Å²) in [6.45, 7) is 0. The lowest BCUT2D eigenvalue weighted by Gasteiger charge is -2.00. The van der Waals surface area contributed by atoms with Gasteiger partial charge < -0.3 is 4.74 Å². The second-order valence-electron chi connectivity index (χ2n) is 5.59. The number of hydrogen-bond acceptors (Lipinski definition) is 1. The second-order valence-corrected chi connectivity index (χ2v) is 7.42. The molecule has 2 atom stereocenters. The molecule has 2 aliphatic carbocycles. The highest BCUT2D eigenvalue weighted by molar-refractivity contribution is 9.10. The molecule has 1 aliphatic heterocycles. The van der Waals surface area contributed by atoms with Gasteiger partial charge in [0.1, 0.15) is 6.10 Å². The number of ether oxygens (including phenoxy) is 1. The van der Waals surface area contributed by atoms with Crippen molar-refractivity contribution in [1.82, 2.24) is 0 Å². The number of halogens is 2. The van der Waals surface area contributed by atoms with Crippen LogP contribution in [0.3, 0.4) is 0 Å². The van der Waals surface area contributed by atoms with E-state index < -0.39 is 0 Å². The van der Waals surface area contributed by atoms with Crippen LogP contribution in [0.1, 0.15) is 28.4 Å². The fraction of sp³-hybridized carbons (Fsp3) is 0.222. The third-order valence-corrected chi connectivity index (χ3v) is 5.14. The van der Waals surface area contributed by atoms with Crippen molar-refractivity contribution in [2.75, 3.05) is 0 Å². The van der Waals surface area contributed by atoms with Gasteiger partial charge in [0.25, 0.3) is 0 Å². The van der Waals surface area contributed by atoms with Crippen LogP contribution in [0, 0.1) is 0 Å². The first kappa shape index (κ1) is 13.7. The first-order chi connectivity index (χ1) is 10.2. The summed E-state index contributed by atoms with van der Waals surface area (Å²) in [5.74, 6) is 0. The van der Waals surface area contributed by atoms with E-state index in [4.69, 9.17) is 4.74 Å². The SMILES string of the molecule is Brc1ccc2c(c1)CC=C2.Brc1ccc2c(c1)C[C@@H]1O[C@H]21. The Morgan fingerprint density at radius 3 is 2.57 bits per heavy atom. The molecule has 0 amide bonds. The molecule has 2 aromatic rings. The molecular formula is C18H14Br2O. The summed E-state index contributed by atoms with van der Waals surface area (Å²) in [7, 11) is 0. The molecule has 0 N–H and O–H groups in total. The summed E-state index contributed by atoms with van der Waals surface area (Å²) in [5, 5.41) is 0. The van der Waals surface area contributed by atoms with Crippen LogP contribution in [-0.4, -0.2) is 6.10 Å². The van der Waals surface area contributed by atoms with Crippen molar-refractivity contribution in [1.29, 1.82) is 0 Å². The van der Waals surface area contributed by atoms with Crippen LogP contribution in [0.4, 0.5) is 0 Å². The van der Waals surface area contributed by atoms with Crippen LogP contribution in [0.2, 0.25) is 0 Å². The average molecular weight is 406 g/mol. The van der Waals surface area contributed by atoms with Crippen molar-refractivity contribution in [2.24, 2.45) is 0 Å². The Kier molecular flexibility index (Phi) is 3.52. The lowest BCUT2D eigenvalue weighted by molar-refractivity contribution is 0.361.